The van der Waals surface area contributed by atoms with Gasteiger partial charge in [0.25, 0.3) is 0 Å². The van der Waals surface area contributed by atoms with Crippen molar-refractivity contribution in [2.24, 2.45) is 0 Å². The van der Waals surface area contributed by atoms with Crippen molar-refractivity contribution in [2.45, 2.75) is 0 Å². The lowest BCUT2D eigenvalue weighted by atomic mass is 9.90. The standard InChI is InChI=1S/C39H24N6O/c1-3-25-8-5-11-30(18-25)42-37-22-40-35-20-27(14-16-33(35)44-37)32-13-7-10-29(24-46)39(32)28-15-17-34-36(21-28)41-23-38(45-34)43-31-12-6-9-26(4-2)19-31/h1-2,5-24H,(H,42,44)(H,43,45). The molecule has 2 heterocycles. The maximum Gasteiger partial charge on any atom is 0.150 e. The first-order chi connectivity index (χ1) is 22.6. The van der Waals surface area contributed by atoms with Crippen molar-refractivity contribution in [2.75, 3.05) is 10.6 Å². The Morgan fingerprint density at radius 3 is 1.70 bits per heavy atom. The normalized spacial score (nSPS) is 10.7. The second kappa shape index (κ2) is 12.0. The summed E-state index contributed by atoms with van der Waals surface area (Å²) in [6.45, 7) is 0. The molecule has 0 aliphatic carbocycles. The monoisotopic (exact) mass is 592 g/mol. The van der Waals surface area contributed by atoms with E-state index in [0.29, 0.717) is 28.2 Å². The van der Waals surface area contributed by atoms with Gasteiger partial charge in [-0.2, -0.15) is 0 Å². The highest BCUT2D eigenvalue weighted by atomic mass is 16.1. The molecule has 0 atom stereocenters. The third-order valence-electron chi connectivity index (χ3n) is 7.51. The first-order valence-corrected chi connectivity index (χ1v) is 14.4. The molecule has 0 unspecified atom stereocenters. The zero-order chi connectivity index (χ0) is 31.5. The lowest BCUT2D eigenvalue weighted by Gasteiger charge is -2.14. The molecular weight excluding hydrogens is 568 g/mol. The van der Waals surface area contributed by atoms with Crippen LogP contribution in [0.2, 0.25) is 0 Å². The number of nitrogens with one attached hydrogen (secondary N) is 2. The second-order valence-corrected chi connectivity index (χ2v) is 10.5. The molecule has 46 heavy (non-hydrogen) atoms. The van der Waals surface area contributed by atoms with Gasteiger partial charge in [-0.25, -0.2) is 9.97 Å². The Hall–Kier alpha value is -6.83. The Kier molecular flexibility index (Phi) is 7.32. The number of hydrogen-bond donors (Lipinski definition) is 2. The Labute approximate surface area is 265 Å². The van der Waals surface area contributed by atoms with E-state index in [-0.39, 0.29) is 0 Å². The summed E-state index contributed by atoms with van der Waals surface area (Å²) in [4.78, 5) is 31.1. The number of aldehydes is 1. The molecule has 5 aromatic carbocycles. The highest BCUT2D eigenvalue weighted by molar-refractivity contribution is 5.99. The van der Waals surface area contributed by atoms with Gasteiger partial charge in [0.05, 0.1) is 34.5 Å². The number of carbonyl (C=O) groups excluding carboxylic acids is 1. The highest BCUT2D eigenvalue weighted by Crippen LogP contribution is 2.36. The van der Waals surface area contributed by atoms with E-state index < -0.39 is 0 Å². The van der Waals surface area contributed by atoms with Crippen LogP contribution in [0.4, 0.5) is 23.0 Å². The smallest absolute Gasteiger partial charge is 0.150 e. The summed E-state index contributed by atoms with van der Waals surface area (Å²) in [5, 5.41) is 6.53. The SMILES string of the molecule is C#Cc1cccc(Nc2cnc3cc(-c4cccc(C=O)c4-c4ccc5nc(Nc6cccc(C#C)c6)cnc5c4)ccc3n2)c1. The average Bonchev–Trinajstić information content (AvgIpc) is 3.11. The summed E-state index contributed by atoms with van der Waals surface area (Å²) in [5.74, 6) is 6.48. The third kappa shape index (κ3) is 5.60. The van der Waals surface area contributed by atoms with E-state index in [4.69, 9.17) is 22.8 Å². The van der Waals surface area contributed by atoms with Gasteiger partial charge in [0.1, 0.15) is 11.6 Å². The van der Waals surface area contributed by atoms with Crippen LogP contribution in [-0.2, 0) is 0 Å². The lowest BCUT2D eigenvalue weighted by molar-refractivity contribution is 0.112. The van der Waals surface area contributed by atoms with Gasteiger partial charge in [0.15, 0.2) is 6.29 Å². The zero-order valence-corrected chi connectivity index (χ0v) is 24.4. The second-order valence-electron chi connectivity index (χ2n) is 10.5. The molecule has 7 nitrogen and oxygen atoms in total. The average molecular weight is 593 g/mol. The van der Waals surface area contributed by atoms with E-state index in [1.807, 2.05) is 103 Å². The molecule has 7 aromatic rings. The summed E-state index contributed by atoms with van der Waals surface area (Å²) < 4.78 is 0. The zero-order valence-electron chi connectivity index (χ0n) is 24.4. The maximum absolute atomic E-state index is 12.3. The van der Waals surface area contributed by atoms with Crippen molar-refractivity contribution >= 4 is 51.4 Å². The largest absolute Gasteiger partial charge is 0.339 e. The predicted molar refractivity (Wildman–Crippen MR) is 184 cm³/mol. The molecule has 0 saturated heterocycles. The summed E-state index contributed by atoms with van der Waals surface area (Å²) in [6, 6.07) is 32.5. The van der Waals surface area contributed by atoms with Crippen molar-refractivity contribution < 1.29 is 4.79 Å². The van der Waals surface area contributed by atoms with Crippen molar-refractivity contribution in [3.8, 4) is 46.9 Å². The van der Waals surface area contributed by atoms with E-state index in [1.165, 1.54) is 0 Å². The van der Waals surface area contributed by atoms with Crippen molar-refractivity contribution in [3.63, 3.8) is 0 Å². The molecule has 2 N–H and O–H groups in total. The van der Waals surface area contributed by atoms with Crippen molar-refractivity contribution in [1.29, 1.82) is 0 Å². The quantitative estimate of drug-likeness (QED) is 0.142. The molecule has 0 spiro atoms. The molecule has 216 valence electrons. The number of nitrogens with zero attached hydrogens (tertiary/aromatic N) is 4. The van der Waals surface area contributed by atoms with E-state index in [1.54, 1.807) is 12.4 Å². The number of hydrogen-bond acceptors (Lipinski definition) is 7. The molecule has 0 aliphatic rings. The maximum atomic E-state index is 12.3. The van der Waals surface area contributed by atoms with Crippen LogP contribution in [0.3, 0.4) is 0 Å². The van der Waals surface area contributed by atoms with Crippen LogP contribution in [0.25, 0.3) is 44.3 Å². The lowest BCUT2D eigenvalue weighted by Crippen LogP contribution is -1.97. The number of carbonyl (C=O) groups is 1. The predicted octanol–water partition coefficient (Wildman–Crippen LogP) is 8.17. The Balaban J connectivity index is 1.22. The molecule has 2 aromatic heterocycles. The molecule has 7 rings (SSSR count). The molecular formula is C39H24N6O. The van der Waals surface area contributed by atoms with Gasteiger partial charge in [-0.15, -0.1) is 12.8 Å². The third-order valence-corrected chi connectivity index (χ3v) is 7.51. The van der Waals surface area contributed by atoms with Gasteiger partial charge in [-0.05, 0) is 77.4 Å². The van der Waals surface area contributed by atoms with Crippen LogP contribution >= 0.6 is 0 Å². The fraction of sp³-hybridized carbons (Fsp3) is 0. The number of benzene rings is 5. The molecule has 0 aliphatic heterocycles. The fourth-order valence-corrected chi connectivity index (χ4v) is 5.37. The van der Waals surface area contributed by atoms with E-state index in [2.05, 4.69) is 32.4 Å². The molecule has 7 heteroatoms. The van der Waals surface area contributed by atoms with Crippen LogP contribution < -0.4 is 10.6 Å². The van der Waals surface area contributed by atoms with Crippen molar-refractivity contribution in [3.05, 3.63) is 132 Å². The Morgan fingerprint density at radius 1 is 0.587 bits per heavy atom. The Bertz CT molecular complexity index is 2380. The molecule has 0 amide bonds. The van der Waals surface area contributed by atoms with Crippen LogP contribution in [-0.4, -0.2) is 26.2 Å². The summed E-state index contributed by atoms with van der Waals surface area (Å²) in [7, 11) is 0. The van der Waals surface area contributed by atoms with E-state index in [9.17, 15) is 4.79 Å². The Morgan fingerprint density at radius 2 is 1.13 bits per heavy atom. The van der Waals surface area contributed by atoms with Crippen LogP contribution in [0, 0.1) is 24.7 Å². The molecule has 0 radical (unpaired) electrons. The minimum Gasteiger partial charge on any atom is -0.339 e. The number of fused-ring (bicyclic) bond motifs is 2. The first kappa shape index (κ1) is 28.0. The minimum absolute atomic E-state index is 0.566. The number of terminal acetylenes is 2. The van der Waals surface area contributed by atoms with Gasteiger partial charge in [0.2, 0.25) is 0 Å². The summed E-state index contributed by atoms with van der Waals surface area (Å²) in [6.07, 6.45) is 15.3. The van der Waals surface area contributed by atoms with Gasteiger partial charge in [0, 0.05) is 33.6 Å². The van der Waals surface area contributed by atoms with Gasteiger partial charge in [-0.1, -0.05) is 54.3 Å². The molecule has 0 bridgehead atoms. The summed E-state index contributed by atoms with van der Waals surface area (Å²) in [5.41, 5.74) is 10.1. The molecule has 0 fully saturated rings. The van der Waals surface area contributed by atoms with Gasteiger partial charge < -0.3 is 10.6 Å². The number of anilines is 4. The van der Waals surface area contributed by atoms with Crippen LogP contribution in [0.5, 0.6) is 0 Å². The first-order valence-electron chi connectivity index (χ1n) is 14.4. The number of rotatable bonds is 7. The van der Waals surface area contributed by atoms with Crippen molar-refractivity contribution in [1.82, 2.24) is 19.9 Å². The van der Waals surface area contributed by atoms with E-state index in [0.717, 1.165) is 62.1 Å². The van der Waals surface area contributed by atoms with Crippen LogP contribution in [0.1, 0.15) is 21.5 Å². The highest BCUT2D eigenvalue weighted by Gasteiger charge is 2.15. The number of aromatic nitrogens is 4. The summed E-state index contributed by atoms with van der Waals surface area (Å²) >= 11 is 0. The molecule has 0 saturated carbocycles. The topological polar surface area (TPSA) is 92.7 Å². The van der Waals surface area contributed by atoms with Gasteiger partial charge in [-0.3, -0.25) is 14.8 Å². The van der Waals surface area contributed by atoms with Gasteiger partial charge >= 0.3 is 0 Å². The van der Waals surface area contributed by atoms with Crippen LogP contribution in [0.15, 0.2) is 116 Å². The minimum atomic E-state index is 0.566. The fourth-order valence-electron chi connectivity index (χ4n) is 5.37. The van der Waals surface area contributed by atoms with E-state index >= 15 is 0 Å².